The third-order valence-corrected chi connectivity index (χ3v) is 2.41. The number of nitro groups is 1. The number of nitrogens with two attached hydrogens (primary N) is 1. The van der Waals surface area contributed by atoms with Crippen LogP contribution < -0.4 is 10.5 Å². The van der Waals surface area contributed by atoms with Crippen LogP contribution in [0, 0.1) is 10.1 Å². The van der Waals surface area contributed by atoms with Crippen molar-refractivity contribution in [1.82, 2.24) is 0 Å². The Hall–Kier alpha value is -2.56. The fourth-order valence-electron chi connectivity index (χ4n) is 1.57. The van der Waals surface area contributed by atoms with Gasteiger partial charge < -0.3 is 10.5 Å². The van der Waals surface area contributed by atoms with Crippen molar-refractivity contribution in [3.05, 3.63) is 64.2 Å². The molecule has 0 aliphatic carbocycles. The molecule has 18 heavy (non-hydrogen) atoms. The molecule has 2 N–H and O–H groups in total. The zero-order valence-corrected chi connectivity index (χ0v) is 9.58. The van der Waals surface area contributed by atoms with Crippen molar-refractivity contribution in [3.8, 4) is 5.75 Å². The number of anilines is 1. The monoisotopic (exact) mass is 244 g/mol. The molecule has 2 rings (SSSR count). The first-order chi connectivity index (χ1) is 8.66. The maximum atomic E-state index is 10.8. The van der Waals surface area contributed by atoms with Crippen molar-refractivity contribution >= 4 is 11.4 Å². The number of benzene rings is 2. The number of rotatable bonds is 4. The van der Waals surface area contributed by atoms with Gasteiger partial charge in [-0.2, -0.15) is 0 Å². The fraction of sp³-hybridized carbons (Fsp3) is 0.0769. The molecule has 0 atom stereocenters. The van der Waals surface area contributed by atoms with E-state index in [2.05, 4.69) is 0 Å². The summed E-state index contributed by atoms with van der Waals surface area (Å²) in [5.41, 5.74) is 7.11. The number of hydrogen-bond acceptors (Lipinski definition) is 4. The highest BCUT2D eigenvalue weighted by atomic mass is 16.6. The van der Waals surface area contributed by atoms with E-state index in [4.69, 9.17) is 10.5 Å². The summed E-state index contributed by atoms with van der Waals surface area (Å²) in [5.74, 6) is 0.255. The minimum Gasteiger partial charge on any atom is -0.482 e. The van der Waals surface area contributed by atoms with Crippen LogP contribution in [0.15, 0.2) is 48.5 Å². The van der Waals surface area contributed by atoms with E-state index in [0.29, 0.717) is 5.69 Å². The molecule has 0 bridgehead atoms. The Labute approximate surface area is 104 Å². The van der Waals surface area contributed by atoms with Gasteiger partial charge >= 0.3 is 5.69 Å². The van der Waals surface area contributed by atoms with Gasteiger partial charge in [0.15, 0.2) is 5.75 Å². The number of ether oxygens (including phenoxy) is 1. The average Bonchev–Trinajstić information content (AvgIpc) is 2.37. The lowest BCUT2D eigenvalue weighted by atomic mass is 10.2. The van der Waals surface area contributed by atoms with Gasteiger partial charge in [-0.1, -0.05) is 24.3 Å². The topological polar surface area (TPSA) is 78.4 Å². The first-order valence-electron chi connectivity index (χ1n) is 5.37. The number of hydrogen-bond donors (Lipinski definition) is 1. The Morgan fingerprint density at radius 3 is 2.67 bits per heavy atom. The van der Waals surface area contributed by atoms with E-state index in [1.165, 1.54) is 6.07 Å². The van der Waals surface area contributed by atoms with E-state index >= 15 is 0 Å². The Kier molecular flexibility index (Phi) is 3.43. The molecule has 0 fully saturated rings. The molecule has 0 heterocycles. The van der Waals surface area contributed by atoms with Crippen LogP contribution in [-0.4, -0.2) is 4.92 Å². The first kappa shape index (κ1) is 11.9. The summed E-state index contributed by atoms with van der Waals surface area (Å²) in [6.45, 7) is 0.246. The Morgan fingerprint density at radius 2 is 1.94 bits per heavy atom. The highest BCUT2D eigenvalue weighted by Crippen LogP contribution is 2.26. The smallest absolute Gasteiger partial charge is 0.310 e. The van der Waals surface area contributed by atoms with Crippen LogP contribution in [0.4, 0.5) is 11.4 Å². The number of nitro benzene ring substituents is 1. The Bertz CT molecular complexity index is 570. The molecule has 0 radical (unpaired) electrons. The third kappa shape index (κ3) is 2.76. The van der Waals surface area contributed by atoms with Gasteiger partial charge in [-0.05, 0) is 23.8 Å². The molecule has 0 saturated heterocycles. The van der Waals surface area contributed by atoms with Gasteiger partial charge in [-0.3, -0.25) is 10.1 Å². The van der Waals surface area contributed by atoms with Crippen LogP contribution in [0.2, 0.25) is 0 Å². The molecule has 5 heteroatoms. The summed E-state index contributed by atoms with van der Waals surface area (Å²) >= 11 is 0. The number of nitrogens with zero attached hydrogens (tertiary/aromatic N) is 1. The molecule has 92 valence electrons. The second kappa shape index (κ2) is 5.18. The number of nitrogen functional groups attached to an aromatic ring is 1. The molecule has 0 saturated carbocycles. The summed E-state index contributed by atoms with van der Waals surface area (Å²) in [4.78, 5) is 10.3. The predicted octanol–water partition coefficient (Wildman–Crippen LogP) is 2.76. The average molecular weight is 244 g/mol. The van der Waals surface area contributed by atoms with Gasteiger partial charge in [-0.15, -0.1) is 0 Å². The molecule has 0 aliphatic heterocycles. The Balaban J connectivity index is 2.13. The van der Waals surface area contributed by atoms with Crippen LogP contribution >= 0.6 is 0 Å². The van der Waals surface area contributed by atoms with Crippen molar-refractivity contribution in [3.63, 3.8) is 0 Å². The molecule has 0 aliphatic rings. The largest absolute Gasteiger partial charge is 0.482 e. The van der Waals surface area contributed by atoms with E-state index in [-0.39, 0.29) is 18.0 Å². The minimum atomic E-state index is -0.464. The highest BCUT2D eigenvalue weighted by molar-refractivity contribution is 5.46. The summed E-state index contributed by atoms with van der Waals surface area (Å²) in [6, 6.07) is 13.5. The molecule has 0 aromatic heterocycles. The Morgan fingerprint density at radius 1 is 1.17 bits per heavy atom. The van der Waals surface area contributed by atoms with Gasteiger partial charge in [-0.25, -0.2) is 0 Å². The standard InChI is InChI=1S/C13H12N2O3/c14-11-5-3-4-10(8-11)9-18-13-7-2-1-6-12(13)15(16)17/h1-8H,9,14H2. The lowest BCUT2D eigenvalue weighted by Crippen LogP contribution is -1.99. The second-order valence-corrected chi connectivity index (χ2v) is 3.76. The van der Waals surface area contributed by atoms with Crippen molar-refractivity contribution in [2.24, 2.45) is 0 Å². The molecular weight excluding hydrogens is 232 g/mol. The predicted molar refractivity (Wildman–Crippen MR) is 68.3 cm³/mol. The van der Waals surface area contributed by atoms with Crippen molar-refractivity contribution in [2.75, 3.05) is 5.73 Å². The molecular formula is C13H12N2O3. The van der Waals surface area contributed by atoms with Gasteiger partial charge in [0.1, 0.15) is 6.61 Å². The molecule has 5 nitrogen and oxygen atoms in total. The van der Waals surface area contributed by atoms with Crippen molar-refractivity contribution < 1.29 is 9.66 Å². The molecule has 2 aromatic carbocycles. The molecule has 2 aromatic rings. The highest BCUT2D eigenvalue weighted by Gasteiger charge is 2.13. The van der Waals surface area contributed by atoms with Gasteiger partial charge in [0.2, 0.25) is 0 Å². The SMILES string of the molecule is Nc1cccc(COc2ccccc2[N+](=O)[O-])c1. The van der Waals surface area contributed by atoms with E-state index in [0.717, 1.165) is 5.56 Å². The lowest BCUT2D eigenvalue weighted by molar-refractivity contribution is -0.385. The number of para-hydroxylation sites is 2. The van der Waals surface area contributed by atoms with Gasteiger partial charge in [0.05, 0.1) is 4.92 Å². The molecule has 0 unspecified atom stereocenters. The zero-order chi connectivity index (χ0) is 13.0. The summed E-state index contributed by atoms with van der Waals surface area (Å²) in [5, 5.41) is 10.8. The van der Waals surface area contributed by atoms with E-state index in [1.54, 1.807) is 30.3 Å². The van der Waals surface area contributed by atoms with Gasteiger partial charge in [0, 0.05) is 11.8 Å². The normalized spacial score (nSPS) is 10.0. The first-order valence-corrected chi connectivity index (χ1v) is 5.37. The van der Waals surface area contributed by atoms with Crippen molar-refractivity contribution in [2.45, 2.75) is 6.61 Å². The van der Waals surface area contributed by atoms with Crippen LogP contribution in [0.25, 0.3) is 0 Å². The third-order valence-electron chi connectivity index (χ3n) is 2.41. The quantitative estimate of drug-likeness (QED) is 0.509. The lowest BCUT2D eigenvalue weighted by Gasteiger charge is -2.07. The van der Waals surface area contributed by atoms with Crippen molar-refractivity contribution in [1.29, 1.82) is 0 Å². The van der Waals surface area contributed by atoms with Crippen LogP contribution in [0.5, 0.6) is 5.75 Å². The van der Waals surface area contributed by atoms with E-state index in [1.807, 2.05) is 12.1 Å². The van der Waals surface area contributed by atoms with Crippen LogP contribution in [-0.2, 0) is 6.61 Å². The summed E-state index contributed by atoms with van der Waals surface area (Å²) in [6.07, 6.45) is 0. The van der Waals surface area contributed by atoms with E-state index in [9.17, 15) is 10.1 Å². The van der Waals surface area contributed by atoms with Gasteiger partial charge in [0.25, 0.3) is 0 Å². The molecule has 0 amide bonds. The second-order valence-electron chi connectivity index (χ2n) is 3.76. The van der Waals surface area contributed by atoms with E-state index < -0.39 is 4.92 Å². The maximum absolute atomic E-state index is 10.8. The minimum absolute atomic E-state index is 0.0404. The summed E-state index contributed by atoms with van der Waals surface area (Å²) in [7, 11) is 0. The molecule has 0 spiro atoms. The summed E-state index contributed by atoms with van der Waals surface area (Å²) < 4.78 is 5.44. The zero-order valence-electron chi connectivity index (χ0n) is 9.58. The van der Waals surface area contributed by atoms with Crippen LogP contribution in [0.3, 0.4) is 0 Å². The maximum Gasteiger partial charge on any atom is 0.310 e. The fourth-order valence-corrected chi connectivity index (χ4v) is 1.57. The van der Waals surface area contributed by atoms with Crippen LogP contribution in [0.1, 0.15) is 5.56 Å².